The van der Waals surface area contributed by atoms with Crippen molar-refractivity contribution in [1.82, 2.24) is 10.6 Å². The minimum absolute atomic E-state index is 0.105. The third kappa shape index (κ3) is 4.11. The Bertz CT molecular complexity index is 953. The highest BCUT2D eigenvalue weighted by molar-refractivity contribution is 5.96. The lowest BCUT2D eigenvalue weighted by Crippen LogP contribution is -2.51. The number of rotatable bonds is 7. The quantitative estimate of drug-likeness (QED) is 0.542. The number of fused-ring (bicyclic) bond motifs is 1. The molecular formula is C22H24N4O3. The number of nitrogens with zero attached hydrogens (tertiary/aromatic N) is 1. The summed E-state index contributed by atoms with van der Waals surface area (Å²) in [4.78, 5) is 14.2. The summed E-state index contributed by atoms with van der Waals surface area (Å²) in [6, 6.07) is 15.2. The summed E-state index contributed by atoms with van der Waals surface area (Å²) in [7, 11) is 0. The summed E-state index contributed by atoms with van der Waals surface area (Å²) < 4.78 is 5.66. The molecule has 2 aromatic carbocycles. The molecule has 0 saturated heterocycles. The van der Waals surface area contributed by atoms with Gasteiger partial charge in [-0.05, 0) is 35.9 Å². The van der Waals surface area contributed by atoms with E-state index in [-0.39, 0.29) is 18.8 Å². The molecule has 2 aliphatic heterocycles. The number of ether oxygens (including phenoxy) is 1. The maximum atomic E-state index is 12.6. The molecule has 7 nitrogen and oxygen atoms in total. The van der Waals surface area contributed by atoms with Gasteiger partial charge in [-0.15, -0.1) is 0 Å². The molecule has 2 aliphatic rings. The second-order valence-corrected chi connectivity index (χ2v) is 6.91. The van der Waals surface area contributed by atoms with Gasteiger partial charge in [0.2, 0.25) is 0 Å². The molecule has 7 heteroatoms. The molecule has 2 heterocycles. The molecule has 29 heavy (non-hydrogen) atoms. The Morgan fingerprint density at radius 1 is 1.14 bits per heavy atom. The van der Waals surface area contributed by atoms with Crippen molar-refractivity contribution in [2.75, 3.05) is 18.1 Å². The van der Waals surface area contributed by atoms with Crippen LogP contribution in [-0.2, 0) is 6.54 Å². The van der Waals surface area contributed by atoms with E-state index in [4.69, 9.17) is 15.6 Å². The van der Waals surface area contributed by atoms with Gasteiger partial charge in [0.05, 0.1) is 12.3 Å². The highest BCUT2D eigenvalue weighted by Gasteiger charge is 2.31. The SMILES string of the molecule is NCc1ccc(N2C=C3C=C(c4cccc(OCCCO)c4)NC3NC2=O)cc1. The van der Waals surface area contributed by atoms with E-state index in [0.29, 0.717) is 19.6 Å². The first-order chi connectivity index (χ1) is 14.2. The van der Waals surface area contributed by atoms with Crippen LogP contribution in [0.5, 0.6) is 5.75 Å². The zero-order chi connectivity index (χ0) is 20.2. The van der Waals surface area contributed by atoms with Gasteiger partial charge in [-0.1, -0.05) is 24.3 Å². The van der Waals surface area contributed by atoms with Crippen LogP contribution in [0.15, 0.2) is 66.4 Å². The first-order valence-corrected chi connectivity index (χ1v) is 9.61. The molecule has 1 atom stereocenters. The van der Waals surface area contributed by atoms with E-state index in [0.717, 1.165) is 33.8 Å². The zero-order valence-corrected chi connectivity index (χ0v) is 16.0. The molecule has 5 N–H and O–H groups in total. The maximum absolute atomic E-state index is 12.6. The fraction of sp³-hybridized carbons (Fsp3) is 0.227. The molecule has 2 amide bonds. The van der Waals surface area contributed by atoms with E-state index >= 15 is 0 Å². The van der Waals surface area contributed by atoms with Gasteiger partial charge in [-0.3, -0.25) is 4.90 Å². The van der Waals surface area contributed by atoms with Crippen molar-refractivity contribution >= 4 is 17.4 Å². The van der Waals surface area contributed by atoms with Crippen molar-refractivity contribution in [2.24, 2.45) is 5.73 Å². The number of nitrogens with two attached hydrogens (primary N) is 1. The largest absolute Gasteiger partial charge is 0.493 e. The molecular weight excluding hydrogens is 368 g/mol. The average Bonchev–Trinajstić information content (AvgIpc) is 3.16. The summed E-state index contributed by atoms with van der Waals surface area (Å²) >= 11 is 0. The molecule has 0 spiro atoms. The molecule has 1 unspecified atom stereocenters. The molecule has 2 aromatic rings. The molecule has 150 valence electrons. The number of hydrogen-bond acceptors (Lipinski definition) is 5. The number of benzene rings is 2. The molecule has 0 radical (unpaired) electrons. The molecule has 0 fully saturated rings. The maximum Gasteiger partial charge on any atom is 0.327 e. The third-order valence-electron chi connectivity index (χ3n) is 4.88. The van der Waals surface area contributed by atoms with Crippen molar-refractivity contribution in [1.29, 1.82) is 0 Å². The first-order valence-electron chi connectivity index (χ1n) is 9.61. The van der Waals surface area contributed by atoms with Crippen LogP contribution in [0.25, 0.3) is 5.70 Å². The summed E-state index contributed by atoms with van der Waals surface area (Å²) in [5, 5.41) is 15.2. The summed E-state index contributed by atoms with van der Waals surface area (Å²) in [6.45, 7) is 1.04. The Hall–Kier alpha value is -3.29. The van der Waals surface area contributed by atoms with Crippen molar-refractivity contribution in [3.05, 3.63) is 77.5 Å². The molecule has 4 rings (SSSR count). The van der Waals surface area contributed by atoms with E-state index in [1.54, 1.807) is 4.90 Å². The van der Waals surface area contributed by atoms with E-state index in [1.807, 2.05) is 60.8 Å². The van der Waals surface area contributed by atoms with Gasteiger partial charge in [0.15, 0.2) is 0 Å². The van der Waals surface area contributed by atoms with Gasteiger partial charge >= 0.3 is 6.03 Å². The van der Waals surface area contributed by atoms with Gasteiger partial charge in [-0.2, -0.15) is 0 Å². The van der Waals surface area contributed by atoms with Crippen molar-refractivity contribution in [3.8, 4) is 5.75 Å². The normalized spacial score (nSPS) is 17.8. The fourth-order valence-corrected chi connectivity index (χ4v) is 3.32. The van der Waals surface area contributed by atoms with Crippen LogP contribution in [-0.4, -0.2) is 30.5 Å². The smallest absolute Gasteiger partial charge is 0.327 e. The number of aliphatic hydroxyl groups excluding tert-OH is 1. The molecule has 0 saturated carbocycles. The van der Waals surface area contributed by atoms with Crippen LogP contribution in [0.1, 0.15) is 17.5 Å². The minimum Gasteiger partial charge on any atom is -0.493 e. The summed E-state index contributed by atoms with van der Waals surface area (Å²) in [5.74, 6) is 0.744. The number of urea groups is 1. The third-order valence-corrected chi connectivity index (χ3v) is 4.88. The van der Waals surface area contributed by atoms with Gasteiger partial charge in [0.25, 0.3) is 0 Å². The lowest BCUT2D eigenvalue weighted by Gasteiger charge is -2.29. The first kappa shape index (κ1) is 19.0. The predicted octanol–water partition coefficient (Wildman–Crippen LogP) is 2.29. The number of amides is 2. The summed E-state index contributed by atoms with van der Waals surface area (Å²) in [5.41, 5.74) is 10.3. The van der Waals surface area contributed by atoms with Gasteiger partial charge in [0, 0.05) is 42.6 Å². The lowest BCUT2D eigenvalue weighted by molar-refractivity contribution is 0.233. The van der Waals surface area contributed by atoms with Crippen LogP contribution < -0.4 is 26.0 Å². The van der Waals surface area contributed by atoms with Gasteiger partial charge in [0.1, 0.15) is 11.9 Å². The Labute approximate surface area is 169 Å². The Morgan fingerprint density at radius 2 is 1.97 bits per heavy atom. The van der Waals surface area contributed by atoms with Gasteiger partial charge in [-0.25, -0.2) is 4.79 Å². The number of nitrogens with one attached hydrogen (secondary N) is 2. The topological polar surface area (TPSA) is 99.8 Å². The number of carbonyl (C=O) groups is 1. The lowest BCUT2D eigenvalue weighted by atomic mass is 10.1. The van der Waals surface area contributed by atoms with E-state index in [9.17, 15) is 4.79 Å². The fourth-order valence-electron chi connectivity index (χ4n) is 3.32. The number of anilines is 1. The second-order valence-electron chi connectivity index (χ2n) is 6.91. The van der Waals surface area contributed by atoms with E-state index < -0.39 is 0 Å². The predicted molar refractivity (Wildman–Crippen MR) is 112 cm³/mol. The van der Waals surface area contributed by atoms with E-state index in [2.05, 4.69) is 10.6 Å². The number of hydrogen-bond donors (Lipinski definition) is 4. The van der Waals surface area contributed by atoms with Gasteiger partial charge < -0.3 is 26.2 Å². The van der Waals surface area contributed by atoms with Crippen LogP contribution in [0.2, 0.25) is 0 Å². The monoisotopic (exact) mass is 392 g/mol. The van der Waals surface area contributed by atoms with Crippen molar-refractivity contribution < 1.29 is 14.6 Å². The highest BCUT2D eigenvalue weighted by Crippen LogP contribution is 2.29. The van der Waals surface area contributed by atoms with Crippen molar-refractivity contribution in [2.45, 2.75) is 19.1 Å². The van der Waals surface area contributed by atoms with Crippen LogP contribution >= 0.6 is 0 Å². The molecule has 0 aromatic heterocycles. The minimum atomic E-state index is -0.268. The van der Waals surface area contributed by atoms with Crippen LogP contribution in [0.4, 0.5) is 10.5 Å². The molecule has 0 aliphatic carbocycles. The average molecular weight is 392 g/mol. The molecule has 0 bridgehead atoms. The Morgan fingerprint density at radius 3 is 2.72 bits per heavy atom. The van der Waals surface area contributed by atoms with E-state index in [1.165, 1.54) is 0 Å². The van der Waals surface area contributed by atoms with Crippen LogP contribution in [0, 0.1) is 0 Å². The number of aliphatic hydroxyl groups is 1. The zero-order valence-electron chi connectivity index (χ0n) is 16.0. The van der Waals surface area contributed by atoms with Crippen LogP contribution in [0.3, 0.4) is 0 Å². The highest BCUT2D eigenvalue weighted by atomic mass is 16.5. The Balaban J connectivity index is 1.55. The summed E-state index contributed by atoms with van der Waals surface area (Å²) in [6.07, 6.45) is 4.20. The Kier molecular flexibility index (Phi) is 5.50. The van der Waals surface area contributed by atoms with Crippen molar-refractivity contribution in [3.63, 3.8) is 0 Å². The second kappa shape index (κ2) is 8.38. The number of carbonyl (C=O) groups excluding carboxylic acids is 1. The standard InChI is InChI=1S/C22H24N4O3/c23-13-15-5-7-18(8-6-15)26-14-17-12-20(24-21(17)25-22(26)28)16-3-1-4-19(11-16)29-10-2-9-27/h1,3-8,11-12,14,21,24,27H,2,9-10,13,23H2,(H,25,28).